The van der Waals surface area contributed by atoms with Crippen LogP contribution in [-0.2, 0) is 11.2 Å². The van der Waals surface area contributed by atoms with Crippen molar-refractivity contribution in [1.82, 2.24) is 15.2 Å². The zero-order valence-electron chi connectivity index (χ0n) is 16.7. The van der Waals surface area contributed by atoms with Gasteiger partial charge in [0.1, 0.15) is 0 Å². The predicted molar refractivity (Wildman–Crippen MR) is 126 cm³/mol. The van der Waals surface area contributed by atoms with Crippen molar-refractivity contribution < 1.29 is 4.79 Å². The lowest BCUT2D eigenvalue weighted by Gasteiger charge is -2.26. The number of amides is 1. The Kier molecular flexibility index (Phi) is 6.40. The number of carbonyl (C=O) groups excluding carboxylic acids is 1. The number of nitrogens with zero attached hydrogens (tertiary/aromatic N) is 2. The van der Waals surface area contributed by atoms with Crippen LogP contribution in [0.3, 0.4) is 0 Å². The van der Waals surface area contributed by atoms with Gasteiger partial charge >= 0.3 is 0 Å². The quantitative estimate of drug-likeness (QED) is 0.526. The highest BCUT2D eigenvalue weighted by Gasteiger charge is 2.40. The zero-order valence-corrected chi connectivity index (χ0v) is 18.4. The molecule has 0 bridgehead atoms. The number of aromatic nitrogens is 1. The fraction of sp³-hybridized carbons (Fsp3) is 0.261. The molecule has 1 aliphatic heterocycles. The highest BCUT2D eigenvalue weighted by molar-refractivity contribution is 7.80. The molecule has 0 aliphatic carbocycles. The van der Waals surface area contributed by atoms with Crippen molar-refractivity contribution in [3.05, 3.63) is 82.3 Å². The first-order chi connectivity index (χ1) is 14.7. The van der Waals surface area contributed by atoms with Gasteiger partial charge in [-0.05, 0) is 53.8 Å². The molecule has 0 saturated carbocycles. The minimum Gasteiger partial charge on any atom is -0.352 e. The number of aryl methyl sites for hydroxylation is 1. The maximum Gasteiger partial charge on any atom is 0.226 e. The molecule has 3 heterocycles. The lowest BCUT2D eigenvalue weighted by atomic mass is 10.0. The first kappa shape index (κ1) is 20.5. The Morgan fingerprint density at radius 1 is 1.20 bits per heavy atom. The summed E-state index contributed by atoms with van der Waals surface area (Å²) in [6.07, 6.45) is 3.03. The van der Waals surface area contributed by atoms with E-state index in [-0.39, 0.29) is 18.0 Å². The van der Waals surface area contributed by atoms with E-state index in [0.29, 0.717) is 18.1 Å². The summed E-state index contributed by atoms with van der Waals surface area (Å²) < 4.78 is 0. The van der Waals surface area contributed by atoms with Gasteiger partial charge in [0.05, 0.1) is 17.8 Å². The van der Waals surface area contributed by atoms with E-state index in [0.717, 1.165) is 23.4 Å². The van der Waals surface area contributed by atoms with E-state index < -0.39 is 0 Å². The lowest BCUT2D eigenvalue weighted by Crippen LogP contribution is -2.32. The second-order valence-electron chi connectivity index (χ2n) is 7.14. The maximum atomic E-state index is 12.7. The summed E-state index contributed by atoms with van der Waals surface area (Å²) in [4.78, 5) is 20.5. The highest BCUT2D eigenvalue weighted by Crippen LogP contribution is 2.40. The number of rotatable bonds is 7. The van der Waals surface area contributed by atoms with Crippen LogP contribution in [0.25, 0.3) is 0 Å². The summed E-state index contributed by atoms with van der Waals surface area (Å²) in [5.41, 5.74) is 2.96. The molecule has 1 aliphatic rings. The molecule has 4 rings (SSSR count). The SMILES string of the molecule is CCc1ccccc1NC(=O)CCN1C(=S)N[C@@H](c2ccccn2)[C@@H]1c1cccs1. The van der Waals surface area contributed by atoms with Gasteiger partial charge in [-0.2, -0.15) is 0 Å². The van der Waals surface area contributed by atoms with Gasteiger partial charge in [-0.1, -0.05) is 37.3 Å². The first-order valence-electron chi connectivity index (χ1n) is 10.1. The fourth-order valence-corrected chi connectivity index (χ4v) is 5.01. The van der Waals surface area contributed by atoms with Crippen molar-refractivity contribution in [3.63, 3.8) is 0 Å². The Bertz CT molecular complexity index is 1010. The molecule has 0 radical (unpaired) electrons. The van der Waals surface area contributed by atoms with E-state index in [2.05, 4.69) is 38.9 Å². The van der Waals surface area contributed by atoms with Gasteiger partial charge in [0.25, 0.3) is 0 Å². The Hall–Kier alpha value is -2.77. The van der Waals surface area contributed by atoms with Gasteiger partial charge in [0.2, 0.25) is 5.91 Å². The number of hydrogen-bond donors (Lipinski definition) is 2. The Balaban J connectivity index is 1.49. The molecule has 2 aromatic heterocycles. The average molecular weight is 437 g/mol. The van der Waals surface area contributed by atoms with Crippen LogP contribution in [0.4, 0.5) is 5.69 Å². The Morgan fingerprint density at radius 3 is 2.77 bits per heavy atom. The van der Waals surface area contributed by atoms with Crippen molar-refractivity contribution in [1.29, 1.82) is 0 Å². The van der Waals surface area contributed by atoms with Gasteiger partial charge < -0.3 is 15.5 Å². The molecule has 154 valence electrons. The second kappa shape index (κ2) is 9.36. The number of pyridine rings is 1. The molecule has 7 heteroatoms. The fourth-order valence-electron chi connectivity index (χ4n) is 3.80. The molecule has 1 amide bonds. The highest BCUT2D eigenvalue weighted by atomic mass is 32.1. The molecule has 30 heavy (non-hydrogen) atoms. The zero-order chi connectivity index (χ0) is 20.9. The standard InChI is InChI=1S/C23H24N4OS2/c1-2-16-8-3-4-9-17(16)25-20(28)12-14-27-22(19-11-7-15-30-19)21(26-23(27)29)18-10-5-6-13-24-18/h3-11,13,15,21-22H,2,12,14H2,1H3,(H,25,28)(H,26,29)/t21-,22-/m0/s1. The van der Waals surface area contributed by atoms with Gasteiger partial charge in [-0.3, -0.25) is 9.78 Å². The Morgan fingerprint density at radius 2 is 2.03 bits per heavy atom. The molecule has 3 aromatic rings. The van der Waals surface area contributed by atoms with Crippen LogP contribution in [0.1, 0.15) is 41.6 Å². The second-order valence-corrected chi connectivity index (χ2v) is 8.51. The van der Waals surface area contributed by atoms with Gasteiger partial charge in [-0.25, -0.2) is 0 Å². The number of thiophene rings is 1. The van der Waals surface area contributed by atoms with Crippen molar-refractivity contribution in [2.75, 3.05) is 11.9 Å². The summed E-state index contributed by atoms with van der Waals surface area (Å²) in [6.45, 7) is 2.63. The largest absolute Gasteiger partial charge is 0.352 e. The number of anilines is 1. The van der Waals surface area contributed by atoms with E-state index in [1.54, 1.807) is 17.5 Å². The van der Waals surface area contributed by atoms with Crippen LogP contribution in [0.5, 0.6) is 0 Å². The molecule has 1 aromatic carbocycles. The van der Waals surface area contributed by atoms with Crippen LogP contribution >= 0.6 is 23.6 Å². The smallest absolute Gasteiger partial charge is 0.226 e. The Labute approximate surface area is 186 Å². The average Bonchev–Trinajstić information content (AvgIpc) is 3.41. The lowest BCUT2D eigenvalue weighted by molar-refractivity contribution is -0.116. The third kappa shape index (κ3) is 4.37. The molecule has 1 fully saturated rings. The van der Waals surface area contributed by atoms with Crippen molar-refractivity contribution in [3.8, 4) is 0 Å². The summed E-state index contributed by atoms with van der Waals surface area (Å²) in [7, 11) is 0. The summed E-state index contributed by atoms with van der Waals surface area (Å²) in [6, 6.07) is 18.0. The number of thiocarbonyl (C=S) groups is 1. The third-order valence-electron chi connectivity index (χ3n) is 5.28. The van der Waals surface area contributed by atoms with Crippen molar-refractivity contribution >= 4 is 40.3 Å². The normalized spacial score (nSPS) is 18.3. The third-order valence-corrected chi connectivity index (χ3v) is 6.58. The van der Waals surface area contributed by atoms with Crippen LogP contribution in [0.15, 0.2) is 66.2 Å². The molecular weight excluding hydrogens is 412 g/mol. The molecule has 0 spiro atoms. The molecule has 5 nitrogen and oxygen atoms in total. The van der Waals surface area contributed by atoms with Crippen LogP contribution < -0.4 is 10.6 Å². The minimum atomic E-state index is -0.0405. The van der Waals surface area contributed by atoms with E-state index in [1.807, 2.05) is 48.5 Å². The van der Waals surface area contributed by atoms with Crippen LogP contribution in [-0.4, -0.2) is 27.4 Å². The molecule has 2 atom stereocenters. The minimum absolute atomic E-state index is 0.00934. The summed E-state index contributed by atoms with van der Waals surface area (Å²) >= 11 is 7.35. The van der Waals surface area contributed by atoms with E-state index >= 15 is 0 Å². The monoisotopic (exact) mass is 436 g/mol. The number of hydrogen-bond acceptors (Lipinski definition) is 4. The van der Waals surface area contributed by atoms with E-state index in [9.17, 15) is 4.79 Å². The number of para-hydroxylation sites is 1. The molecule has 0 unspecified atom stereocenters. The molecule has 1 saturated heterocycles. The van der Waals surface area contributed by atoms with Gasteiger partial charge in [-0.15, -0.1) is 11.3 Å². The number of benzene rings is 1. The number of carbonyl (C=O) groups is 1. The maximum absolute atomic E-state index is 12.7. The predicted octanol–water partition coefficient (Wildman–Crippen LogP) is 4.71. The van der Waals surface area contributed by atoms with E-state index in [1.165, 1.54) is 4.88 Å². The van der Waals surface area contributed by atoms with Crippen LogP contribution in [0.2, 0.25) is 0 Å². The van der Waals surface area contributed by atoms with Gasteiger partial charge in [0, 0.05) is 29.7 Å². The van der Waals surface area contributed by atoms with Crippen molar-refractivity contribution in [2.45, 2.75) is 31.8 Å². The molecular formula is C23H24N4OS2. The van der Waals surface area contributed by atoms with Crippen LogP contribution in [0, 0.1) is 0 Å². The van der Waals surface area contributed by atoms with Crippen molar-refractivity contribution in [2.24, 2.45) is 0 Å². The molecule has 2 N–H and O–H groups in total. The summed E-state index contributed by atoms with van der Waals surface area (Å²) in [5, 5.41) is 9.20. The summed E-state index contributed by atoms with van der Waals surface area (Å²) in [5.74, 6) is -0.00934. The van der Waals surface area contributed by atoms with Gasteiger partial charge in [0.15, 0.2) is 5.11 Å². The van der Waals surface area contributed by atoms with E-state index in [4.69, 9.17) is 12.2 Å². The topological polar surface area (TPSA) is 57.3 Å². The number of nitrogens with one attached hydrogen (secondary N) is 2. The first-order valence-corrected chi connectivity index (χ1v) is 11.4.